The minimum atomic E-state index is -0.532. The third-order valence-electron chi connectivity index (χ3n) is 4.27. The molecular formula is C21H24O3. The molecule has 0 fully saturated rings. The third-order valence-corrected chi connectivity index (χ3v) is 4.27. The summed E-state index contributed by atoms with van der Waals surface area (Å²) in [6.45, 7) is 5.58. The molecule has 24 heavy (non-hydrogen) atoms. The summed E-state index contributed by atoms with van der Waals surface area (Å²) in [5, 5.41) is 0. The summed E-state index contributed by atoms with van der Waals surface area (Å²) in [5.74, 6) is -1.12. The van der Waals surface area contributed by atoms with Crippen molar-refractivity contribution in [2.75, 3.05) is 0 Å². The first-order valence-electron chi connectivity index (χ1n) is 8.34. The highest BCUT2D eigenvalue weighted by atomic mass is 16.6. The molecule has 0 heterocycles. The number of fused-ring (bicyclic) bond motifs is 1. The topological polar surface area (TPSA) is 43.4 Å². The van der Waals surface area contributed by atoms with Crippen molar-refractivity contribution >= 4 is 11.9 Å². The first-order valence-corrected chi connectivity index (χ1v) is 8.34. The molecule has 1 aliphatic rings. The largest absolute Gasteiger partial charge is 0.393 e. The molecule has 0 unspecified atom stereocenters. The molecule has 126 valence electrons. The number of carbonyl (C=O) groups excluding carboxylic acids is 2. The van der Waals surface area contributed by atoms with Crippen molar-refractivity contribution in [2.24, 2.45) is 5.92 Å². The lowest BCUT2D eigenvalue weighted by Gasteiger charge is -2.05. The summed E-state index contributed by atoms with van der Waals surface area (Å²) in [5.41, 5.74) is 5.23. The van der Waals surface area contributed by atoms with Gasteiger partial charge >= 0.3 is 11.9 Å². The van der Waals surface area contributed by atoms with Crippen LogP contribution in [0, 0.1) is 12.8 Å². The van der Waals surface area contributed by atoms with Crippen LogP contribution in [0.4, 0.5) is 0 Å². The van der Waals surface area contributed by atoms with E-state index >= 15 is 0 Å². The maximum atomic E-state index is 11.5. The number of aryl methyl sites for hydroxylation is 2. The van der Waals surface area contributed by atoms with Crippen molar-refractivity contribution in [1.82, 2.24) is 0 Å². The van der Waals surface area contributed by atoms with E-state index in [2.05, 4.69) is 42.8 Å². The van der Waals surface area contributed by atoms with E-state index in [9.17, 15) is 9.59 Å². The van der Waals surface area contributed by atoms with Crippen molar-refractivity contribution in [3.8, 4) is 0 Å². The lowest BCUT2D eigenvalue weighted by Crippen LogP contribution is -2.20. The molecule has 0 saturated heterocycles. The van der Waals surface area contributed by atoms with Gasteiger partial charge in [0.1, 0.15) is 0 Å². The Morgan fingerprint density at radius 1 is 1.00 bits per heavy atom. The van der Waals surface area contributed by atoms with Gasteiger partial charge in [0.2, 0.25) is 0 Å². The third kappa shape index (κ3) is 4.79. The zero-order valence-corrected chi connectivity index (χ0v) is 14.5. The van der Waals surface area contributed by atoms with E-state index < -0.39 is 11.9 Å². The van der Waals surface area contributed by atoms with Crippen LogP contribution in [0.1, 0.15) is 36.1 Å². The van der Waals surface area contributed by atoms with Crippen molar-refractivity contribution in [3.05, 3.63) is 70.8 Å². The molecule has 0 aliphatic heterocycles. The Balaban J connectivity index is 0.000000198. The van der Waals surface area contributed by atoms with Crippen molar-refractivity contribution < 1.29 is 14.3 Å². The molecule has 0 radical (unpaired) electrons. The fourth-order valence-electron chi connectivity index (χ4n) is 2.96. The van der Waals surface area contributed by atoms with Gasteiger partial charge in [-0.1, -0.05) is 55.5 Å². The zero-order valence-electron chi connectivity index (χ0n) is 14.5. The summed E-state index contributed by atoms with van der Waals surface area (Å²) in [6, 6.07) is 16.4. The Hall–Kier alpha value is -2.42. The highest BCUT2D eigenvalue weighted by Crippen LogP contribution is 2.27. The first-order chi connectivity index (χ1) is 11.5. The van der Waals surface area contributed by atoms with Crippen molar-refractivity contribution in [1.29, 1.82) is 0 Å². The standard InChI is InChI=1S/C12H12O3.C9H12/c1-8(13)15-12(14)11-6-9-4-2-3-5-10(9)7-11;1-3-9-7-5-4-6-8(9)2/h2-5,11H,6-7H2,1H3;4-7H,3H2,1-2H3. The van der Waals surface area contributed by atoms with Gasteiger partial charge in [0.25, 0.3) is 0 Å². The second kappa shape index (κ2) is 8.44. The first kappa shape index (κ1) is 17.9. The molecule has 2 aromatic carbocycles. The van der Waals surface area contributed by atoms with E-state index in [4.69, 9.17) is 0 Å². The number of hydrogen-bond acceptors (Lipinski definition) is 3. The summed E-state index contributed by atoms with van der Waals surface area (Å²) < 4.78 is 4.59. The SMILES string of the molecule is CC(=O)OC(=O)C1Cc2ccccc2C1.CCc1ccccc1C. The molecule has 1 aliphatic carbocycles. The second-order valence-electron chi connectivity index (χ2n) is 6.07. The summed E-state index contributed by atoms with van der Waals surface area (Å²) in [6.07, 6.45) is 2.51. The van der Waals surface area contributed by atoms with Crippen LogP contribution in [-0.4, -0.2) is 11.9 Å². The quantitative estimate of drug-likeness (QED) is 0.618. The van der Waals surface area contributed by atoms with Gasteiger partial charge in [0, 0.05) is 6.92 Å². The second-order valence-corrected chi connectivity index (χ2v) is 6.07. The molecule has 0 N–H and O–H groups in total. The van der Waals surface area contributed by atoms with Crippen LogP contribution < -0.4 is 0 Å². The molecule has 0 spiro atoms. The molecule has 2 aromatic rings. The van der Waals surface area contributed by atoms with Crippen molar-refractivity contribution in [3.63, 3.8) is 0 Å². The highest BCUT2D eigenvalue weighted by Gasteiger charge is 2.28. The molecule has 3 nitrogen and oxygen atoms in total. The molecule has 3 rings (SSSR count). The van der Waals surface area contributed by atoms with Crippen LogP contribution in [0.15, 0.2) is 48.5 Å². The maximum Gasteiger partial charge on any atom is 0.317 e. The predicted octanol–water partition coefficient (Wildman–Crippen LogP) is 4.05. The summed E-state index contributed by atoms with van der Waals surface area (Å²) >= 11 is 0. The average molecular weight is 324 g/mol. The molecule has 0 saturated carbocycles. The van der Waals surface area contributed by atoms with Gasteiger partial charge in [-0.25, -0.2) is 0 Å². The molecule has 3 heteroatoms. The Kier molecular flexibility index (Phi) is 6.30. The highest BCUT2D eigenvalue weighted by molar-refractivity contribution is 5.86. The minimum Gasteiger partial charge on any atom is -0.393 e. The van der Waals surface area contributed by atoms with Gasteiger partial charge in [-0.15, -0.1) is 0 Å². The van der Waals surface area contributed by atoms with Gasteiger partial charge < -0.3 is 4.74 Å². The number of ether oxygens (including phenoxy) is 1. The van der Waals surface area contributed by atoms with Gasteiger partial charge in [-0.05, 0) is 48.4 Å². The van der Waals surface area contributed by atoms with E-state index in [1.807, 2.05) is 24.3 Å². The number of rotatable bonds is 2. The minimum absolute atomic E-state index is 0.189. The van der Waals surface area contributed by atoms with E-state index in [-0.39, 0.29) is 5.92 Å². The van der Waals surface area contributed by atoms with E-state index in [0.717, 1.165) is 6.42 Å². The van der Waals surface area contributed by atoms with Gasteiger partial charge in [0.15, 0.2) is 0 Å². The average Bonchev–Trinajstić information content (AvgIpc) is 2.99. The van der Waals surface area contributed by atoms with Crippen LogP contribution in [0.2, 0.25) is 0 Å². The number of hydrogen-bond donors (Lipinski definition) is 0. The van der Waals surface area contributed by atoms with E-state index in [1.165, 1.54) is 29.2 Å². The molecule has 0 amide bonds. The Morgan fingerprint density at radius 2 is 1.54 bits per heavy atom. The Morgan fingerprint density at radius 3 is 2.00 bits per heavy atom. The van der Waals surface area contributed by atoms with Gasteiger partial charge in [-0.3, -0.25) is 9.59 Å². The molecule has 0 aromatic heterocycles. The molecule has 0 bridgehead atoms. The monoisotopic (exact) mass is 324 g/mol. The number of carbonyl (C=O) groups is 2. The summed E-state index contributed by atoms with van der Waals surface area (Å²) in [7, 11) is 0. The lowest BCUT2D eigenvalue weighted by molar-refractivity contribution is -0.160. The van der Waals surface area contributed by atoms with E-state index in [1.54, 1.807) is 0 Å². The van der Waals surface area contributed by atoms with Crippen LogP contribution >= 0.6 is 0 Å². The van der Waals surface area contributed by atoms with Crippen LogP contribution in [0.25, 0.3) is 0 Å². The van der Waals surface area contributed by atoms with Crippen LogP contribution in [0.5, 0.6) is 0 Å². The van der Waals surface area contributed by atoms with Crippen LogP contribution in [0.3, 0.4) is 0 Å². The smallest absolute Gasteiger partial charge is 0.317 e. The predicted molar refractivity (Wildman–Crippen MR) is 94.7 cm³/mol. The Labute approximate surface area is 143 Å². The fourth-order valence-corrected chi connectivity index (χ4v) is 2.96. The lowest BCUT2D eigenvalue weighted by atomic mass is 10.1. The number of esters is 2. The van der Waals surface area contributed by atoms with Gasteiger partial charge in [-0.2, -0.15) is 0 Å². The number of benzene rings is 2. The molecular weight excluding hydrogens is 300 g/mol. The maximum absolute atomic E-state index is 11.5. The summed E-state index contributed by atoms with van der Waals surface area (Å²) in [4.78, 5) is 22.1. The fraction of sp³-hybridized carbons (Fsp3) is 0.333. The van der Waals surface area contributed by atoms with Crippen molar-refractivity contribution in [2.45, 2.75) is 40.0 Å². The normalized spacial score (nSPS) is 12.8. The van der Waals surface area contributed by atoms with Gasteiger partial charge in [0.05, 0.1) is 5.92 Å². The zero-order chi connectivity index (χ0) is 17.5. The molecule has 0 atom stereocenters. The Bertz CT molecular complexity index is 694. The van der Waals surface area contributed by atoms with E-state index in [0.29, 0.717) is 12.8 Å². The van der Waals surface area contributed by atoms with Crippen LogP contribution in [-0.2, 0) is 33.6 Å².